The van der Waals surface area contributed by atoms with Crippen LogP contribution in [0.15, 0.2) is 12.3 Å². The van der Waals surface area contributed by atoms with E-state index in [9.17, 15) is 13.6 Å². The van der Waals surface area contributed by atoms with Gasteiger partial charge in [0.05, 0.1) is 5.69 Å². The largest absolute Gasteiger partial charge is 0.322 e. The van der Waals surface area contributed by atoms with Crippen LogP contribution in [0.4, 0.5) is 14.5 Å². The summed E-state index contributed by atoms with van der Waals surface area (Å²) in [4.78, 5) is 14.7. The summed E-state index contributed by atoms with van der Waals surface area (Å²) in [5.74, 6) is -4.84. The number of anilines is 1. The minimum atomic E-state index is -3.44. The molecule has 1 amide bonds. The number of carbonyl (C=O) groups is 1. The van der Waals surface area contributed by atoms with E-state index in [0.29, 0.717) is 12.5 Å². The Labute approximate surface area is 90.5 Å². The Morgan fingerprint density at radius 3 is 2.67 bits per heavy atom. The average molecular weight is 235 g/mol. The number of carbonyl (C=O) groups excluding carboxylic acids is 1. The zero-order valence-corrected chi connectivity index (χ0v) is 8.90. The first-order valence-electron chi connectivity index (χ1n) is 4.12. The molecular formula is C9H9ClF2N2O. The van der Waals surface area contributed by atoms with Gasteiger partial charge < -0.3 is 5.32 Å². The summed E-state index contributed by atoms with van der Waals surface area (Å²) < 4.78 is 25.2. The average Bonchev–Trinajstić information content (AvgIpc) is 2.09. The summed E-state index contributed by atoms with van der Waals surface area (Å²) >= 11 is 5.65. The van der Waals surface area contributed by atoms with E-state index in [1.165, 1.54) is 6.20 Å². The molecule has 0 spiro atoms. The van der Waals surface area contributed by atoms with E-state index in [1.54, 1.807) is 13.0 Å². The molecule has 1 N–H and O–H groups in total. The van der Waals surface area contributed by atoms with Crippen LogP contribution < -0.4 is 5.32 Å². The maximum absolute atomic E-state index is 12.6. The maximum Gasteiger partial charge on any atom is 0.322 e. The first kappa shape index (κ1) is 11.8. The van der Waals surface area contributed by atoms with Gasteiger partial charge in [0.1, 0.15) is 0 Å². The predicted molar refractivity (Wildman–Crippen MR) is 53.2 cm³/mol. The van der Waals surface area contributed by atoms with Crippen LogP contribution in [0.25, 0.3) is 0 Å². The SMILES string of the molecule is Cc1ccnc(Cl)c1NC(=O)C(C)(F)F. The Morgan fingerprint density at radius 1 is 1.60 bits per heavy atom. The molecular weight excluding hydrogens is 226 g/mol. The molecule has 0 aliphatic carbocycles. The van der Waals surface area contributed by atoms with Gasteiger partial charge >= 0.3 is 5.92 Å². The standard InChI is InChI=1S/C9H9ClF2N2O/c1-5-3-4-13-7(10)6(5)14-8(15)9(2,11)12/h3-4H,1-2H3,(H,14,15). The Kier molecular flexibility index (Phi) is 3.24. The van der Waals surface area contributed by atoms with E-state index in [1.807, 2.05) is 5.32 Å². The van der Waals surface area contributed by atoms with Crippen molar-refractivity contribution < 1.29 is 13.6 Å². The smallest absolute Gasteiger partial charge is 0.318 e. The third-order valence-corrected chi connectivity index (χ3v) is 2.04. The minimum absolute atomic E-state index is 0.00685. The zero-order chi connectivity index (χ0) is 11.6. The van der Waals surface area contributed by atoms with Crippen LogP contribution in [0.1, 0.15) is 12.5 Å². The van der Waals surface area contributed by atoms with Crippen LogP contribution in [0, 0.1) is 6.92 Å². The quantitative estimate of drug-likeness (QED) is 0.800. The van der Waals surface area contributed by atoms with Gasteiger partial charge in [0.15, 0.2) is 5.15 Å². The van der Waals surface area contributed by atoms with Crippen molar-refractivity contribution in [1.29, 1.82) is 0 Å². The third kappa shape index (κ3) is 2.86. The number of nitrogens with zero attached hydrogens (tertiary/aromatic N) is 1. The number of rotatable bonds is 2. The molecule has 0 unspecified atom stereocenters. The Morgan fingerprint density at radius 2 is 2.20 bits per heavy atom. The van der Waals surface area contributed by atoms with Crippen molar-refractivity contribution in [2.75, 3.05) is 5.32 Å². The lowest BCUT2D eigenvalue weighted by molar-refractivity contribution is -0.137. The Hall–Kier alpha value is -1.23. The van der Waals surface area contributed by atoms with Gasteiger partial charge in [-0.05, 0) is 18.6 Å². The van der Waals surface area contributed by atoms with Crippen LogP contribution in [0.3, 0.4) is 0 Å². The van der Waals surface area contributed by atoms with Crippen LogP contribution in [-0.2, 0) is 4.79 Å². The summed E-state index contributed by atoms with van der Waals surface area (Å²) in [6, 6.07) is 1.56. The van der Waals surface area contributed by atoms with Crippen molar-refractivity contribution in [3.05, 3.63) is 23.0 Å². The normalized spacial score (nSPS) is 11.3. The van der Waals surface area contributed by atoms with Crippen molar-refractivity contribution in [3.63, 3.8) is 0 Å². The molecule has 0 aliphatic rings. The second-order valence-corrected chi connectivity index (χ2v) is 3.49. The Balaban J connectivity index is 2.95. The molecule has 0 saturated carbocycles. The molecule has 15 heavy (non-hydrogen) atoms. The van der Waals surface area contributed by atoms with Gasteiger partial charge in [0, 0.05) is 13.1 Å². The summed E-state index contributed by atoms with van der Waals surface area (Å²) in [6.07, 6.45) is 1.43. The molecule has 0 fully saturated rings. The van der Waals surface area contributed by atoms with Crippen LogP contribution in [-0.4, -0.2) is 16.8 Å². The van der Waals surface area contributed by atoms with Gasteiger partial charge in [0.25, 0.3) is 5.91 Å². The number of hydrogen-bond donors (Lipinski definition) is 1. The number of alkyl halides is 2. The summed E-state index contributed by atoms with van der Waals surface area (Å²) in [5.41, 5.74) is 0.693. The molecule has 82 valence electrons. The highest BCUT2D eigenvalue weighted by Crippen LogP contribution is 2.24. The first-order chi connectivity index (χ1) is 6.82. The van der Waals surface area contributed by atoms with E-state index in [0.717, 1.165) is 0 Å². The molecule has 0 radical (unpaired) electrons. The van der Waals surface area contributed by atoms with E-state index in [-0.39, 0.29) is 10.8 Å². The molecule has 3 nitrogen and oxygen atoms in total. The molecule has 0 atom stereocenters. The molecule has 1 heterocycles. The molecule has 0 bridgehead atoms. The van der Waals surface area contributed by atoms with Crippen molar-refractivity contribution in [2.45, 2.75) is 19.8 Å². The first-order valence-corrected chi connectivity index (χ1v) is 4.50. The van der Waals surface area contributed by atoms with Crippen molar-refractivity contribution in [3.8, 4) is 0 Å². The van der Waals surface area contributed by atoms with Crippen molar-refractivity contribution in [2.24, 2.45) is 0 Å². The van der Waals surface area contributed by atoms with Gasteiger partial charge in [0.2, 0.25) is 0 Å². The monoisotopic (exact) mass is 234 g/mol. The van der Waals surface area contributed by atoms with Crippen LogP contribution in [0.2, 0.25) is 5.15 Å². The predicted octanol–water partition coefficient (Wildman–Crippen LogP) is 2.64. The van der Waals surface area contributed by atoms with Crippen molar-refractivity contribution in [1.82, 2.24) is 4.98 Å². The molecule has 1 aromatic rings. The second kappa shape index (κ2) is 4.10. The van der Waals surface area contributed by atoms with Gasteiger partial charge in [-0.25, -0.2) is 4.98 Å². The van der Waals surface area contributed by atoms with E-state index < -0.39 is 11.8 Å². The number of aromatic nitrogens is 1. The molecule has 0 saturated heterocycles. The lowest BCUT2D eigenvalue weighted by Gasteiger charge is -2.13. The highest BCUT2D eigenvalue weighted by Gasteiger charge is 2.32. The highest BCUT2D eigenvalue weighted by molar-refractivity contribution is 6.32. The molecule has 0 aromatic carbocycles. The minimum Gasteiger partial charge on any atom is -0.318 e. The van der Waals surface area contributed by atoms with Crippen molar-refractivity contribution >= 4 is 23.2 Å². The summed E-state index contributed by atoms with van der Waals surface area (Å²) in [7, 11) is 0. The molecule has 0 aliphatic heterocycles. The van der Waals surface area contributed by atoms with Gasteiger partial charge in [-0.1, -0.05) is 11.6 Å². The molecule has 6 heteroatoms. The maximum atomic E-state index is 12.6. The number of aryl methyl sites for hydroxylation is 1. The Bertz CT molecular complexity index is 370. The van der Waals surface area contributed by atoms with Gasteiger partial charge in [-0.2, -0.15) is 8.78 Å². The van der Waals surface area contributed by atoms with Gasteiger partial charge in [-0.15, -0.1) is 0 Å². The number of halogens is 3. The number of nitrogens with one attached hydrogen (secondary N) is 1. The van der Waals surface area contributed by atoms with E-state index in [2.05, 4.69) is 4.98 Å². The lowest BCUT2D eigenvalue weighted by Crippen LogP contribution is -2.31. The third-order valence-electron chi connectivity index (χ3n) is 1.75. The fourth-order valence-corrected chi connectivity index (χ4v) is 1.15. The highest BCUT2D eigenvalue weighted by atomic mass is 35.5. The fourth-order valence-electron chi connectivity index (χ4n) is 0.899. The van der Waals surface area contributed by atoms with E-state index in [4.69, 9.17) is 11.6 Å². The molecule has 1 aromatic heterocycles. The number of pyridine rings is 1. The second-order valence-electron chi connectivity index (χ2n) is 3.14. The summed E-state index contributed by atoms with van der Waals surface area (Å²) in [6.45, 7) is 2.15. The number of hydrogen-bond acceptors (Lipinski definition) is 2. The lowest BCUT2D eigenvalue weighted by atomic mass is 10.2. The number of amides is 1. The van der Waals surface area contributed by atoms with Crippen LogP contribution >= 0.6 is 11.6 Å². The zero-order valence-electron chi connectivity index (χ0n) is 8.14. The summed E-state index contributed by atoms with van der Waals surface area (Å²) in [5, 5.41) is 2.03. The van der Waals surface area contributed by atoms with Crippen LogP contribution in [0.5, 0.6) is 0 Å². The van der Waals surface area contributed by atoms with E-state index >= 15 is 0 Å². The topological polar surface area (TPSA) is 42.0 Å². The fraction of sp³-hybridized carbons (Fsp3) is 0.333. The van der Waals surface area contributed by atoms with Gasteiger partial charge in [-0.3, -0.25) is 4.79 Å². The molecule has 1 rings (SSSR count).